The van der Waals surface area contributed by atoms with Crippen LogP contribution in [-0.4, -0.2) is 12.6 Å². The van der Waals surface area contributed by atoms with E-state index >= 15 is 0 Å². The second-order valence-electron chi connectivity index (χ2n) is 5.00. The number of hydrogen-bond donors (Lipinski definition) is 0. The van der Waals surface area contributed by atoms with Crippen LogP contribution in [-0.2, 0) is 9.53 Å². The summed E-state index contributed by atoms with van der Waals surface area (Å²) in [5, 5.41) is 8.81. The predicted octanol–water partition coefficient (Wildman–Crippen LogP) is 4.18. The largest absolute Gasteiger partial charge is 0.466 e. The van der Waals surface area contributed by atoms with Crippen molar-refractivity contribution in [1.29, 1.82) is 5.26 Å². The van der Waals surface area contributed by atoms with Crippen LogP contribution in [0, 0.1) is 11.3 Å². The zero-order valence-electron chi connectivity index (χ0n) is 12.4. The quantitative estimate of drug-likeness (QED) is 0.527. The predicted molar refractivity (Wildman–Crippen MR) is 79.3 cm³/mol. The molecule has 3 heteroatoms. The number of carbonyl (C=O) groups is 1. The Morgan fingerprint density at radius 1 is 1.25 bits per heavy atom. The molecule has 108 valence electrons. The van der Waals surface area contributed by atoms with Crippen molar-refractivity contribution in [2.45, 2.75) is 51.9 Å². The molecule has 1 aromatic carbocycles. The highest BCUT2D eigenvalue weighted by molar-refractivity contribution is 5.70. The summed E-state index contributed by atoms with van der Waals surface area (Å²) in [6, 6.07) is 9.61. The van der Waals surface area contributed by atoms with E-state index < -0.39 is 0 Å². The second kappa shape index (κ2) is 9.14. The summed E-state index contributed by atoms with van der Waals surface area (Å²) in [6.07, 6.45) is 4.34. The molecule has 3 nitrogen and oxygen atoms in total. The van der Waals surface area contributed by atoms with Crippen LogP contribution in [0.2, 0.25) is 0 Å². The molecule has 1 atom stereocenters. The lowest BCUT2D eigenvalue weighted by atomic mass is 9.91. The maximum Gasteiger partial charge on any atom is 0.306 e. The molecule has 0 aliphatic carbocycles. The SMILES string of the molecule is CCCCOC(=O)CC(CCC)c1ccc(C#N)cc1. The molecule has 0 aliphatic heterocycles. The maximum atomic E-state index is 11.8. The van der Waals surface area contributed by atoms with Crippen LogP contribution in [0.5, 0.6) is 0 Å². The highest BCUT2D eigenvalue weighted by atomic mass is 16.5. The summed E-state index contributed by atoms with van der Waals surface area (Å²) in [5.41, 5.74) is 1.76. The van der Waals surface area contributed by atoms with E-state index in [0.29, 0.717) is 18.6 Å². The van der Waals surface area contributed by atoms with E-state index in [1.807, 2.05) is 12.1 Å². The minimum absolute atomic E-state index is 0.124. The summed E-state index contributed by atoms with van der Waals surface area (Å²) >= 11 is 0. The van der Waals surface area contributed by atoms with Crippen LogP contribution in [0.25, 0.3) is 0 Å². The third-order valence-corrected chi connectivity index (χ3v) is 3.32. The summed E-state index contributed by atoms with van der Waals surface area (Å²) in [5.74, 6) is 0.0585. The van der Waals surface area contributed by atoms with Gasteiger partial charge in [0.2, 0.25) is 0 Å². The average molecular weight is 273 g/mol. The summed E-state index contributed by atoms with van der Waals surface area (Å²) < 4.78 is 5.23. The maximum absolute atomic E-state index is 11.8. The molecule has 20 heavy (non-hydrogen) atoms. The lowest BCUT2D eigenvalue weighted by Crippen LogP contribution is -2.11. The van der Waals surface area contributed by atoms with Crippen LogP contribution >= 0.6 is 0 Å². The van der Waals surface area contributed by atoms with Crippen LogP contribution in [0.1, 0.15) is 63.0 Å². The fourth-order valence-corrected chi connectivity index (χ4v) is 2.16. The Bertz CT molecular complexity index is 445. The second-order valence-corrected chi connectivity index (χ2v) is 5.00. The van der Waals surface area contributed by atoms with Crippen molar-refractivity contribution in [1.82, 2.24) is 0 Å². The summed E-state index contributed by atoms with van der Waals surface area (Å²) in [4.78, 5) is 11.8. The van der Waals surface area contributed by atoms with Crippen LogP contribution in [0.15, 0.2) is 24.3 Å². The minimum atomic E-state index is -0.124. The van der Waals surface area contributed by atoms with Gasteiger partial charge in [0.15, 0.2) is 0 Å². The highest BCUT2D eigenvalue weighted by Crippen LogP contribution is 2.25. The molecule has 0 aromatic heterocycles. The molecule has 0 bridgehead atoms. The Kier molecular flexibility index (Phi) is 7.42. The van der Waals surface area contributed by atoms with Crippen molar-refractivity contribution in [3.05, 3.63) is 35.4 Å². The first-order chi connectivity index (χ1) is 9.71. The van der Waals surface area contributed by atoms with Crippen molar-refractivity contribution < 1.29 is 9.53 Å². The van der Waals surface area contributed by atoms with Crippen molar-refractivity contribution in [2.24, 2.45) is 0 Å². The molecular formula is C17H23NO2. The molecule has 0 radical (unpaired) electrons. The molecule has 0 saturated carbocycles. The van der Waals surface area contributed by atoms with Crippen LogP contribution in [0.4, 0.5) is 0 Å². The van der Waals surface area contributed by atoms with E-state index in [1.165, 1.54) is 0 Å². The summed E-state index contributed by atoms with van der Waals surface area (Å²) in [7, 11) is 0. The first kappa shape index (κ1) is 16.2. The van der Waals surface area contributed by atoms with Crippen molar-refractivity contribution >= 4 is 5.97 Å². The van der Waals surface area contributed by atoms with Gasteiger partial charge in [0.25, 0.3) is 0 Å². The highest BCUT2D eigenvalue weighted by Gasteiger charge is 2.16. The van der Waals surface area contributed by atoms with E-state index in [4.69, 9.17) is 10.00 Å². The Labute approximate surface area is 121 Å². The molecule has 0 aliphatic rings. The molecule has 0 saturated heterocycles. The van der Waals surface area contributed by atoms with Gasteiger partial charge in [0.05, 0.1) is 24.7 Å². The molecular weight excluding hydrogens is 250 g/mol. The number of unbranched alkanes of at least 4 members (excludes halogenated alkanes) is 1. The number of benzene rings is 1. The topological polar surface area (TPSA) is 50.1 Å². The van der Waals surface area contributed by atoms with Crippen molar-refractivity contribution in [3.63, 3.8) is 0 Å². The normalized spacial score (nSPS) is 11.7. The molecule has 0 fully saturated rings. The minimum Gasteiger partial charge on any atom is -0.466 e. The zero-order chi connectivity index (χ0) is 14.8. The van der Waals surface area contributed by atoms with Gasteiger partial charge in [0, 0.05) is 0 Å². The molecule has 0 N–H and O–H groups in total. The number of ether oxygens (including phenoxy) is 1. The van der Waals surface area contributed by atoms with Crippen LogP contribution in [0.3, 0.4) is 0 Å². The fraction of sp³-hybridized carbons (Fsp3) is 0.529. The molecule has 1 aromatic rings. The number of nitrogens with zero attached hydrogens (tertiary/aromatic N) is 1. The zero-order valence-corrected chi connectivity index (χ0v) is 12.4. The van der Waals surface area contributed by atoms with Gasteiger partial charge in [-0.25, -0.2) is 0 Å². The van der Waals surface area contributed by atoms with Gasteiger partial charge in [-0.2, -0.15) is 5.26 Å². The Balaban J connectivity index is 2.63. The Hall–Kier alpha value is -1.82. The standard InChI is InChI=1S/C17H23NO2/c1-3-5-11-20-17(19)12-16(6-4-2)15-9-7-14(13-18)8-10-15/h7-10,16H,3-6,11-12H2,1-2H3. The monoisotopic (exact) mass is 273 g/mol. The van der Waals surface area contributed by atoms with E-state index in [1.54, 1.807) is 12.1 Å². The smallest absolute Gasteiger partial charge is 0.306 e. The van der Waals surface area contributed by atoms with Gasteiger partial charge in [-0.15, -0.1) is 0 Å². The van der Waals surface area contributed by atoms with E-state index in [-0.39, 0.29) is 11.9 Å². The number of carbonyl (C=O) groups excluding carboxylic acids is 1. The third kappa shape index (κ3) is 5.44. The first-order valence-corrected chi connectivity index (χ1v) is 7.36. The fourth-order valence-electron chi connectivity index (χ4n) is 2.16. The van der Waals surface area contributed by atoms with Gasteiger partial charge in [0.1, 0.15) is 0 Å². The van der Waals surface area contributed by atoms with E-state index in [0.717, 1.165) is 31.2 Å². The Morgan fingerprint density at radius 3 is 2.50 bits per heavy atom. The van der Waals surface area contributed by atoms with Gasteiger partial charge in [-0.05, 0) is 36.5 Å². The molecule has 0 amide bonds. The van der Waals surface area contributed by atoms with Crippen molar-refractivity contribution in [3.8, 4) is 6.07 Å². The number of esters is 1. The van der Waals surface area contributed by atoms with Gasteiger partial charge < -0.3 is 4.74 Å². The molecule has 0 heterocycles. The lowest BCUT2D eigenvalue weighted by molar-refractivity contribution is -0.144. The van der Waals surface area contributed by atoms with Gasteiger partial charge in [-0.3, -0.25) is 4.79 Å². The number of hydrogen-bond acceptors (Lipinski definition) is 3. The van der Waals surface area contributed by atoms with E-state index in [9.17, 15) is 4.79 Å². The lowest BCUT2D eigenvalue weighted by Gasteiger charge is -2.16. The van der Waals surface area contributed by atoms with Gasteiger partial charge >= 0.3 is 5.97 Å². The van der Waals surface area contributed by atoms with Crippen molar-refractivity contribution in [2.75, 3.05) is 6.61 Å². The molecule has 1 rings (SSSR count). The number of nitriles is 1. The van der Waals surface area contributed by atoms with E-state index in [2.05, 4.69) is 19.9 Å². The van der Waals surface area contributed by atoms with Gasteiger partial charge in [-0.1, -0.05) is 38.8 Å². The third-order valence-electron chi connectivity index (χ3n) is 3.32. The van der Waals surface area contributed by atoms with Crippen LogP contribution < -0.4 is 0 Å². The average Bonchev–Trinajstić information content (AvgIpc) is 2.47. The summed E-state index contributed by atoms with van der Waals surface area (Å²) in [6.45, 7) is 4.70. The Morgan fingerprint density at radius 2 is 1.95 bits per heavy atom. The molecule has 0 spiro atoms. The first-order valence-electron chi connectivity index (χ1n) is 7.36. The number of rotatable bonds is 8. The molecule has 1 unspecified atom stereocenters.